The van der Waals surface area contributed by atoms with Gasteiger partial charge >= 0.3 is 0 Å². The zero-order valence-electron chi connectivity index (χ0n) is 34.5. The van der Waals surface area contributed by atoms with Crippen molar-refractivity contribution in [2.45, 2.75) is 5.41 Å². The van der Waals surface area contributed by atoms with Gasteiger partial charge in [-0.25, -0.2) is 0 Å². The highest BCUT2D eigenvalue weighted by Gasteiger charge is 2.46. The fraction of sp³-hybridized carbons (Fsp3) is 0.0164. The van der Waals surface area contributed by atoms with Crippen molar-refractivity contribution in [3.63, 3.8) is 0 Å². The molecule has 0 unspecified atom stereocenters. The van der Waals surface area contributed by atoms with Crippen LogP contribution in [-0.4, -0.2) is 0 Å². The van der Waals surface area contributed by atoms with Crippen LogP contribution in [0.4, 0.5) is 17.1 Å². The second-order valence-corrected chi connectivity index (χ2v) is 16.4. The quantitative estimate of drug-likeness (QED) is 0.152. The predicted octanol–water partition coefficient (Wildman–Crippen LogP) is 16.4. The smallest absolute Gasteiger partial charge is 0.143 e. The van der Waals surface area contributed by atoms with Gasteiger partial charge in [-0.1, -0.05) is 206 Å². The number of benzene rings is 10. The largest absolute Gasteiger partial charge is 0.455 e. The van der Waals surface area contributed by atoms with E-state index in [2.05, 4.69) is 241 Å². The van der Waals surface area contributed by atoms with Gasteiger partial charge in [0.05, 0.1) is 5.41 Å². The van der Waals surface area contributed by atoms with E-state index in [0.717, 1.165) is 55.7 Å². The van der Waals surface area contributed by atoms with Gasteiger partial charge in [-0.15, -0.1) is 0 Å². The second-order valence-electron chi connectivity index (χ2n) is 16.4. The number of hydrogen-bond donors (Lipinski definition) is 0. The second kappa shape index (κ2) is 15.1. The highest BCUT2D eigenvalue weighted by molar-refractivity contribution is 6.09. The fourth-order valence-electron chi connectivity index (χ4n) is 10.1. The Morgan fingerprint density at radius 3 is 1.56 bits per heavy atom. The summed E-state index contributed by atoms with van der Waals surface area (Å²) in [6.07, 6.45) is 0. The van der Waals surface area contributed by atoms with Gasteiger partial charge < -0.3 is 9.32 Å². The Balaban J connectivity index is 1.04. The third kappa shape index (κ3) is 6.02. The van der Waals surface area contributed by atoms with Crippen LogP contribution in [0.15, 0.2) is 253 Å². The van der Waals surface area contributed by atoms with Gasteiger partial charge in [0.25, 0.3) is 0 Å². The fourth-order valence-corrected chi connectivity index (χ4v) is 10.1. The van der Waals surface area contributed by atoms with Crippen molar-refractivity contribution < 1.29 is 4.42 Å². The average Bonchev–Trinajstić information content (AvgIpc) is 3.89. The molecule has 0 fully saturated rings. The van der Waals surface area contributed by atoms with Crippen LogP contribution in [0.25, 0.3) is 66.4 Å². The molecular formula is C61H41NO. The molecule has 0 spiro atoms. The van der Waals surface area contributed by atoms with E-state index in [0.29, 0.717) is 0 Å². The van der Waals surface area contributed by atoms with Crippen LogP contribution >= 0.6 is 0 Å². The van der Waals surface area contributed by atoms with Crippen LogP contribution in [0, 0.1) is 0 Å². The molecule has 0 saturated heterocycles. The summed E-state index contributed by atoms with van der Waals surface area (Å²) in [7, 11) is 0. The van der Waals surface area contributed by atoms with Crippen LogP contribution in [0.3, 0.4) is 0 Å². The summed E-state index contributed by atoms with van der Waals surface area (Å²) in [6, 6.07) is 90.2. The summed E-state index contributed by atoms with van der Waals surface area (Å²) >= 11 is 0. The van der Waals surface area contributed by atoms with E-state index >= 15 is 0 Å². The number of anilines is 3. The Morgan fingerprint density at radius 2 is 0.810 bits per heavy atom. The Labute approximate surface area is 367 Å². The Hall–Kier alpha value is -8.20. The molecule has 12 rings (SSSR count). The van der Waals surface area contributed by atoms with Crippen molar-refractivity contribution in [2.24, 2.45) is 0 Å². The first-order valence-electron chi connectivity index (χ1n) is 21.7. The molecule has 1 aliphatic carbocycles. The first-order chi connectivity index (χ1) is 31.2. The normalized spacial score (nSPS) is 12.6. The van der Waals surface area contributed by atoms with Crippen molar-refractivity contribution in [2.75, 3.05) is 4.90 Å². The maximum Gasteiger partial charge on any atom is 0.143 e. The summed E-state index contributed by atoms with van der Waals surface area (Å²) in [5.41, 5.74) is 19.0. The molecule has 1 aliphatic rings. The standard InChI is InChI=1S/C61H41NO/c1-4-16-42(17-5-1)43-30-32-44(33-31-43)46-18-14-23-50(40-46)62(49-36-34-45(35-37-49)52-26-15-27-56-55-25-11-13-29-59(55)63-60(52)56)51-38-39-54-53-24-10-12-28-57(53)61(58(54)41-51,47-19-6-2-7-20-47)48-21-8-3-9-22-48/h1-41H. The lowest BCUT2D eigenvalue weighted by molar-refractivity contribution is 0.670. The molecule has 11 aromatic rings. The molecule has 63 heavy (non-hydrogen) atoms. The lowest BCUT2D eigenvalue weighted by Crippen LogP contribution is -2.28. The third-order valence-electron chi connectivity index (χ3n) is 13.0. The summed E-state index contributed by atoms with van der Waals surface area (Å²) in [4.78, 5) is 2.41. The molecule has 1 heterocycles. The van der Waals surface area contributed by atoms with Crippen molar-refractivity contribution in [3.8, 4) is 44.5 Å². The van der Waals surface area contributed by atoms with Gasteiger partial charge in [-0.05, 0) is 104 Å². The number of hydrogen-bond acceptors (Lipinski definition) is 2. The Morgan fingerprint density at radius 1 is 0.302 bits per heavy atom. The van der Waals surface area contributed by atoms with Crippen molar-refractivity contribution in [3.05, 3.63) is 271 Å². The third-order valence-corrected chi connectivity index (χ3v) is 13.0. The summed E-state index contributed by atoms with van der Waals surface area (Å²) in [5.74, 6) is 0. The van der Waals surface area contributed by atoms with Gasteiger partial charge in [0.15, 0.2) is 0 Å². The summed E-state index contributed by atoms with van der Waals surface area (Å²) in [5, 5.41) is 2.26. The van der Waals surface area contributed by atoms with E-state index in [1.165, 1.54) is 50.1 Å². The van der Waals surface area contributed by atoms with Crippen molar-refractivity contribution >= 4 is 39.0 Å². The van der Waals surface area contributed by atoms with Crippen LogP contribution in [-0.2, 0) is 5.41 Å². The number of rotatable bonds is 8. The molecule has 2 nitrogen and oxygen atoms in total. The molecule has 10 aromatic carbocycles. The molecule has 0 radical (unpaired) electrons. The minimum Gasteiger partial charge on any atom is -0.455 e. The SMILES string of the molecule is c1ccc(-c2ccc(-c3cccc(N(c4ccc(-c5cccc6c5oc5ccccc56)cc4)c4ccc5c(c4)C(c4ccccc4)(c4ccccc4)c4ccccc4-5)c3)cc2)cc1. The lowest BCUT2D eigenvalue weighted by atomic mass is 9.67. The Kier molecular flexibility index (Phi) is 8.76. The summed E-state index contributed by atoms with van der Waals surface area (Å²) < 4.78 is 6.49. The molecule has 296 valence electrons. The van der Waals surface area contributed by atoms with E-state index in [1.54, 1.807) is 0 Å². The highest BCUT2D eigenvalue weighted by Crippen LogP contribution is 2.57. The van der Waals surface area contributed by atoms with E-state index in [1.807, 2.05) is 12.1 Å². The van der Waals surface area contributed by atoms with Crippen molar-refractivity contribution in [1.29, 1.82) is 0 Å². The average molecular weight is 804 g/mol. The van der Waals surface area contributed by atoms with E-state index < -0.39 is 5.41 Å². The van der Waals surface area contributed by atoms with Crippen LogP contribution in [0.5, 0.6) is 0 Å². The molecule has 0 aliphatic heterocycles. The number of nitrogens with zero attached hydrogens (tertiary/aromatic N) is 1. The zero-order valence-corrected chi connectivity index (χ0v) is 34.5. The minimum atomic E-state index is -0.520. The lowest BCUT2D eigenvalue weighted by Gasteiger charge is -2.35. The maximum atomic E-state index is 6.49. The van der Waals surface area contributed by atoms with Gasteiger partial charge in [0, 0.05) is 33.4 Å². The van der Waals surface area contributed by atoms with Gasteiger partial charge in [0.1, 0.15) is 11.2 Å². The first-order valence-corrected chi connectivity index (χ1v) is 21.7. The molecular weight excluding hydrogens is 763 g/mol. The molecule has 2 heteroatoms. The van der Waals surface area contributed by atoms with Gasteiger partial charge in [0.2, 0.25) is 0 Å². The zero-order chi connectivity index (χ0) is 41.7. The monoisotopic (exact) mass is 803 g/mol. The van der Waals surface area contributed by atoms with Crippen LogP contribution < -0.4 is 4.90 Å². The molecule has 0 saturated carbocycles. The van der Waals surface area contributed by atoms with E-state index in [4.69, 9.17) is 4.42 Å². The molecule has 0 atom stereocenters. The molecule has 0 bridgehead atoms. The van der Waals surface area contributed by atoms with Gasteiger partial charge in [-0.2, -0.15) is 0 Å². The van der Waals surface area contributed by atoms with E-state index in [9.17, 15) is 0 Å². The molecule has 0 amide bonds. The van der Waals surface area contributed by atoms with Crippen LogP contribution in [0.2, 0.25) is 0 Å². The number of furan rings is 1. The summed E-state index contributed by atoms with van der Waals surface area (Å²) in [6.45, 7) is 0. The molecule has 1 aromatic heterocycles. The highest BCUT2D eigenvalue weighted by atomic mass is 16.3. The number of fused-ring (bicyclic) bond motifs is 6. The molecule has 0 N–H and O–H groups in total. The maximum absolute atomic E-state index is 6.49. The van der Waals surface area contributed by atoms with Crippen LogP contribution in [0.1, 0.15) is 22.3 Å². The number of para-hydroxylation sites is 2. The van der Waals surface area contributed by atoms with Gasteiger partial charge in [-0.3, -0.25) is 0 Å². The Bertz CT molecular complexity index is 3380. The first kappa shape index (κ1) is 36.6. The van der Waals surface area contributed by atoms with Crippen molar-refractivity contribution in [1.82, 2.24) is 0 Å². The minimum absolute atomic E-state index is 0.520. The topological polar surface area (TPSA) is 16.4 Å². The predicted molar refractivity (Wildman–Crippen MR) is 262 cm³/mol. The van der Waals surface area contributed by atoms with E-state index in [-0.39, 0.29) is 0 Å².